The van der Waals surface area contributed by atoms with Crippen LogP contribution in [-0.4, -0.2) is 6.71 Å². The minimum absolute atomic E-state index is 0.00385. The smallest absolute Gasteiger partial charge is 0.252 e. The van der Waals surface area contributed by atoms with E-state index in [9.17, 15) is 0 Å². The molecule has 4 aliphatic rings. The van der Waals surface area contributed by atoms with Gasteiger partial charge < -0.3 is 14.7 Å². The first kappa shape index (κ1) is 37.0. The second kappa shape index (κ2) is 14.0. The molecule has 13 rings (SSSR count). The Balaban J connectivity index is 1.13. The van der Waals surface area contributed by atoms with Gasteiger partial charge in [-0.2, -0.15) is 0 Å². The quantitative estimate of drug-likeness (QED) is 0.160. The molecule has 304 valence electrons. The number of benzene rings is 9. The molecule has 0 radical (unpaired) electrons. The van der Waals surface area contributed by atoms with E-state index < -0.39 is 0 Å². The zero-order chi connectivity index (χ0) is 42.6. The van der Waals surface area contributed by atoms with Crippen molar-refractivity contribution in [3.63, 3.8) is 0 Å². The Labute approximate surface area is 376 Å². The molecule has 3 nitrogen and oxygen atoms in total. The van der Waals surface area contributed by atoms with Crippen molar-refractivity contribution in [1.29, 1.82) is 0 Å². The number of fused-ring (bicyclic) bond motifs is 9. The van der Waals surface area contributed by atoms with Crippen molar-refractivity contribution in [2.24, 2.45) is 0 Å². The summed E-state index contributed by atoms with van der Waals surface area (Å²) in [4.78, 5) is 7.82. The predicted molar refractivity (Wildman–Crippen MR) is 269 cm³/mol. The molecule has 64 heavy (non-hydrogen) atoms. The molecule has 0 amide bonds. The molecule has 0 saturated heterocycles. The Morgan fingerprint density at radius 1 is 0.391 bits per heavy atom. The zero-order valence-electron chi connectivity index (χ0n) is 36.1. The molecule has 2 unspecified atom stereocenters. The SMILES string of the molecule is CC12CCc3ccccc3C1(C)N(c1cc3c4c(c1)N(c1ccc(-c5ccccc5)cc1)c1ccc(-c5ccccc5)cc1B4c1ccccc1N3c1ccccc1)c1ccccc12. The van der Waals surface area contributed by atoms with Crippen molar-refractivity contribution in [2.75, 3.05) is 14.7 Å². The molecular formula is C60H46BN3. The van der Waals surface area contributed by atoms with Crippen LogP contribution in [0.15, 0.2) is 218 Å². The minimum Gasteiger partial charge on any atom is -0.330 e. The van der Waals surface area contributed by atoms with Gasteiger partial charge in [-0.25, -0.2) is 0 Å². The van der Waals surface area contributed by atoms with Crippen LogP contribution in [0.3, 0.4) is 0 Å². The van der Waals surface area contributed by atoms with Crippen LogP contribution in [0.1, 0.15) is 37.0 Å². The minimum atomic E-state index is -0.352. The van der Waals surface area contributed by atoms with Crippen LogP contribution in [0.5, 0.6) is 0 Å². The zero-order valence-corrected chi connectivity index (χ0v) is 36.1. The van der Waals surface area contributed by atoms with Crippen LogP contribution >= 0.6 is 0 Å². The average molecular weight is 820 g/mol. The lowest BCUT2D eigenvalue weighted by atomic mass is 9.33. The maximum atomic E-state index is 2.72. The van der Waals surface area contributed by atoms with Gasteiger partial charge in [-0.05, 0) is 130 Å². The number of hydrogen-bond donors (Lipinski definition) is 0. The molecule has 4 heteroatoms. The third-order valence-electron chi connectivity index (χ3n) is 15.3. The lowest BCUT2D eigenvalue weighted by Gasteiger charge is -2.52. The Bertz CT molecular complexity index is 3280. The second-order valence-electron chi connectivity index (χ2n) is 18.4. The Hall–Kier alpha value is -7.56. The highest BCUT2D eigenvalue weighted by Gasteiger charge is 2.60. The van der Waals surface area contributed by atoms with E-state index in [1.165, 1.54) is 89.5 Å². The summed E-state index contributed by atoms with van der Waals surface area (Å²) in [6.45, 7) is 5.04. The molecule has 0 N–H and O–H groups in total. The van der Waals surface area contributed by atoms with E-state index in [1.807, 2.05) is 0 Å². The first-order valence-electron chi connectivity index (χ1n) is 22.8. The molecule has 0 fully saturated rings. The van der Waals surface area contributed by atoms with Gasteiger partial charge in [0.25, 0.3) is 6.71 Å². The van der Waals surface area contributed by atoms with Crippen molar-refractivity contribution in [3.05, 3.63) is 235 Å². The van der Waals surface area contributed by atoms with Gasteiger partial charge in [0.1, 0.15) is 0 Å². The van der Waals surface area contributed by atoms with Crippen LogP contribution in [0, 0.1) is 0 Å². The number of nitrogens with zero attached hydrogens (tertiary/aromatic N) is 3. The highest BCUT2D eigenvalue weighted by atomic mass is 15.3. The molecule has 0 bridgehead atoms. The first-order valence-corrected chi connectivity index (χ1v) is 22.8. The number of para-hydroxylation sites is 3. The topological polar surface area (TPSA) is 9.72 Å². The molecule has 3 aliphatic heterocycles. The molecule has 3 heterocycles. The van der Waals surface area contributed by atoms with Crippen molar-refractivity contribution in [3.8, 4) is 22.3 Å². The van der Waals surface area contributed by atoms with Crippen LogP contribution in [-0.2, 0) is 17.4 Å². The maximum absolute atomic E-state index is 2.72. The van der Waals surface area contributed by atoms with Gasteiger partial charge in [0.05, 0.1) is 5.54 Å². The van der Waals surface area contributed by atoms with Gasteiger partial charge in [-0.1, -0.05) is 171 Å². The average Bonchev–Trinajstić information content (AvgIpc) is 3.57. The van der Waals surface area contributed by atoms with E-state index in [4.69, 9.17) is 0 Å². The van der Waals surface area contributed by atoms with Gasteiger partial charge in [0.15, 0.2) is 0 Å². The third-order valence-corrected chi connectivity index (χ3v) is 15.3. The van der Waals surface area contributed by atoms with E-state index in [-0.39, 0.29) is 17.7 Å². The summed E-state index contributed by atoms with van der Waals surface area (Å²) in [5.41, 5.74) is 22.2. The predicted octanol–water partition coefficient (Wildman–Crippen LogP) is 13.4. The molecule has 1 aliphatic carbocycles. The summed E-state index contributed by atoms with van der Waals surface area (Å²) in [5.74, 6) is 0. The van der Waals surface area contributed by atoms with E-state index in [2.05, 4.69) is 247 Å². The summed E-state index contributed by atoms with van der Waals surface area (Å²) in [6.07, 6.45) is 2.14. The molecule has 0 aromatic heterocycles. The highest BCUT2D eigenvalue weighted by molar-refractivity contribution is 7.00. The molecule has 9 aromatic carbocycles. The largest absolute Gasteiger partial charge is 0.330 e. The van der Waals surface area contributed by atoms with E-state index in [0.29, 0.717) is 0 Å². The summed E-state index contributed by atoms with van der Waals surface area (Å²) >= 11 is 0. The molecular weight excluding hydrogens is 773 g/mol. The molecule has 9 aromatic rings. The first-order chi connectivity index (χ1) is 31.5. The van der Waals surface area contributed by atoms with Gasteiger partial charge in [0, 0.05) is 50.9 Å². The third kappa shape index (κ3) is 5.17. The summed E-state index contributed by atoms with van der Waals surface area (Å²) in [5, 5.41) is 0. The second-order valence-corrected chi connectivity index (χ2v) is 18.4. The summed E-state index contributed by atoms with van der Waals surface area (Å²) in [6, 6.07) is 81.6. The summed E-state index contributed by atoms with van der Waals surface area (Å²) in [7, 11) is 0. The standard InChI is InChI=1S/C60H46BN3/c1-59-37-36-44-22-12-13-25-49(44)60(59,2)64(53-28-16-14-26-50(53)59)48-39-56-58-57(40-48)63(47-33-30-43(31-34-47)41-18-6-3-7-19-41)55-35-32-45(42-20-8-4-9-21-42)38-52(55)61(58)51-27-15-17-29-54(51)62(56)46-23-10-5-11-24-46/h3-35,38-40H,36-37H2,1-2H3. The molecule has 0 saturated carbocycles. The Kier molecular flexibility index (Phi) is 8.09. The number of aryl methyl sites for hydroxylation is 1. The van der Waals surface area contributed by atoms with E-state index in [0.717, 1.165) is 24.2 Å². The number of hydrogen-bond acceptors (Lipinski definition) is 3. The Morgan fingerprint density at radius 3 is 1.61 bits per heavy atom. The monoisotopic (exact) mass is 819 g/mol. The van der Waals surface area contributed by atoms with Gasteiger partial charge in [0.2, 0.25) is 0 Å². The Morgan fingerprint density at radius 2 is 0.906 bits per heavy atom. The number of rotatable bonds is 5. The fraction of sp³-hybridized carbons (Fsp3) is 0.100. The lowest BCUT2D eigenvalue weighted by Crippen LogP contribution is -2.61. The fourth-order valence-corrected chi connectivity index (χ4v) is 12.1. The lowest BCUT2D eigenvalue weighted by molar-refractivity contribution is 0.245. The van der Waals surface area contributed by atoms with Crippen molar-refractivity contribution in [2.45, 2.75) is 37.6 Å². The van der Waals surface area contributed by atoms with Crippen LogP contribution in [0.2, 0.25) is 0 Å². The highest BCUT2D eigenvalue weighted by Crippen LogP contribution is 2.64. The van der Waals surface area contributed by atoms with Gasteiger partial charge in [-0.15, -0.1) is 0 Å². The van der Waals surface area contributed by atoms with Gasteiger partial charge >= 0.3 is 0 Å². The maximum Gasteiger partial charge on any atom is 0.252 e. The number of anilines is 8. The normalized spacial score (nSPS) is 18.7. The van der Waals surface area contributed by atoms with Gasteiger partial charge in [-0.3, -0.25) is 0 Å². The van der Waals surface area contributed by atoms with Crippen LogP contribution < -0.4 is 31.1 Å². The van der Waals surface area contributed by atoms with E-state index >= 15 is 0 Å². The van der Waals surface area contributed by atoms with Crippen LogP contribution in [0.25, 0.3) is 22.3 Å². The van der Waals surface area contributed by atoms with Crippen molar-refractivity contribution in [1.82, 2.24) is 0 Å². The van der Waals surface area contributed by atoms with Crippen molar-refractivity contribution < 1.29 is 0 Å². The van der Waals surface area contributed by atoms with Crippen LogP contribution in [0.4, 0.5) is 45.5 Å². The molecule has 0 spiro atoms. The fourth-order valence-electron chi connectivity index (χ4n) is 12.1. The van der Waals surface area contributed by atoms with E-state index in [1.54, 1.807) is 0 Å². The molecule has 2 atom stereocenters. The van der Waals surface area contributed by atoms with Crippen molar-refractivity contribution >= 4 is 68.6 Å². The summed E-state index contributed by atoms with van der Waals surface area (Å²) < 4.78 is 0.